The van der Waals surface area contributed by atoms with Gasteiger partial charge >= 0.3 is 53.2 Å². The maximum Gasteiger partial charge on any atom is 1.00 e. The van der Waals surface area contributed by atoms with Gasteiger partial charge in [-0.25, -0.2) is 4.98 Å². The van der Waals surface area contributed by atoms with Gasteiger partial charge in [0.25, 0.3) is 5.69 Å². The van der Waals surface area contributed by atoms with E-state index in [2.05, 4.69) is 46.6 Å². The fraction of sp³-hybridized carbons (Fsp3) is 0.391. The maximum atomic E-state index is 11.9. The Hall–Kier alpha value is -2.57. The Morgan fingerprint density at radius 1 is 0.881 bits per heavy atom. The molecule has 2 heterocycles. The van der Waals surface area contributed by atoms with E-state index in [0.29, 0.717) is 15.6 Å². The van der Waals surface area contributed by atoms with E-state index >= 15 is 0 Å². The number of esters is 3. The van der Waals surface area contributed by atoms with E-state index < -0.39 is 39.4 Å². The zero-order chi connectivity index (χ0) is 31.7. The topological polar surface area (TPSA) is 208 Å². The van der Waals surface area contributed by atoms with Crippen LogP contribution in [0.15, 0.2) is 33.5 Å². The minimum atomic E-state index is -1.58. The summed E-state index contributed by atoms with van der Waals surface area (Å²) in [6, 6.07) is 2.46. The molecule has 19 heteroatoms. The van der Waals surface area contributed by atoms with Crippen LogP contribution < -0.4 is 29.6 Å². The molecule has 0 aliphatic rings. The van der Waals surface area contributed by atoms with Crippen LogP contribution in [0.5, 0.6) is 0 Å². The van der Waals surface area contributed by atoms with Gasteiger partial charge in [-0.05, 0) is 59.6 Å². The van der Waals surface area contributed by atoms with E-state index in [1.165, 1.54) is 25.4 Å². The summed E-state index contributed by atoms with van der Waals surface area (Å²) < 4.78 is 14.9. The minimum absolute atomic E-state index is 0. The van der Waals surface area contributed by atoms with Gasteiger partial charge in [0.15, 0.2) is 0 Å². The zero-order valence-corrected chi connectivity index (χ0v) is 29.1. The van der Waals surface area contributed by atoms with Gasteiger partial charge < -0.3 is 15.6 Å². The number of hydrogen-bond donors (Lipinski definition) is 0. The predicted molar refractivity (Wildman–Crippen MR) is 151 cm³/mol. The number of Topliss-reactive ketones (excluding diaryl/α,β-unsaturated/α-hetero) is 1. The summed E-state index contributed by atoms with van der Waals surface area (Å²) in [5, 5.41) is 21.2. The van der Waals surface area contributed by atoms with Gasteiger partial charge in [-0.1, -0.05) is 11.6 Å². The minimum Gasteiger partial charge on any atom is -1.00 e. The van der Waals surface area contributed by atoms with Crippen LogP contribution in [0.3, 0.4) is 0 Å². The molecule has 0 bridgehead atoms. The molecule has 2 aromatic heterocycles. The van der Waals surface area contributed by atoms with Crippen LogP contribution in [0.1, 0.15) is 47.2 Å². The molecule has 0 aromatic carbocycles. The Kier molecular flexibility index (Phi) is 21.8. The summed E-state index contributed by atoms with van der Waals surface area (Å²) in [6.45, 7) is 6.58. The predicted octanol–water partition coefficient (Wildman–Crippen LogP) is 2.01. The monoisotopic (exact) mass is 750 g/mol. The molecule has 0 aliphatic carbocycles. The number of halogens is 3. The first-order valence-electron chi connectivity index (χ1n) is 11.4. The van der Waals surface area contributed by atoms with Crippen LogP contribution in [0.4, 0.5) is 11.4 Å². The van der Waals surface area contributed by atoms with E-state index in [0.717, 1.165) is 6.07 Å². The summed E-state index contributed by atoms with van der Waals surface area (Å²) in [5.41, 5.74) is -0.961. The maximum absolute atomic E-state index is 11.9. The standard InChI is InChI=1S/C12H13BrN2O6.C6H10O3.C5H2BrClN2O2.Na.H/c1-3-20-11(16)9(12(17)21-4-2)10-8(15(18)19)5-7(13)6-14-10;1-3-9-6(8)4-5(2)7;6-3-1-4(9(10)11)5(7)8-2-3;;/h5-6,9H,3-4H2,1-2H3;3-4H2,1-2H3;1-2H;;/q;;;+1;-1. The van der Waals surface area contributed by atoms with Gasteiger partial charge in [0.2, 0.25) is 11.1 Å². The second kappa shape index (κ2) is 22.0. The van der Waals surface area contributed by atoms with Crippen LogP contribution in [-0.4, -0.2) is 63.3 Å². The molecule has 2 rings (SSSR count). The molecule has 0 fully saturated rings. The van der Waals surface area contributed by atoms with Crippen molar-refractivity contribution in [2.24, 2.45) is 0 Å². The summed E-state index contributed by atoms with van der Waals surface area (Å²) >= 11 is 11.5. The van der Waals surface area contributed by atoms with Crippen molar-refractivity contribution in [2.45, 2.75) is 40.0 Å². The number of pyridine rings is 2. The molecule has 0 unspecified atom stereocenters. The number of nitrogens with zero attached hydrogens (tertiary/aromatic N) is 4. The molecule has 15 nitrogen and oxygen atoms in total. The Labute approximate surface area is 285 Å². The third-order valence-corrected chi connectivity index (χ3v) is 5.22. The second-order valence-electron chi connectivity index (χ2n) is 7.16. The first kappa shape index (κ1) is 41.6. The molecular formula is C23H26Br2ClN4NaO11. The average Bonchev–Trinajstić information content (AvgIpc) is 2.87. The van der Waals surface area contributed by atoms with E-state index in [-0.39, 0.29) is 72.9 Å². The Morgan fingerprint density at radius 3 is 1.69 bits per heavy atom. The van der Waals surface area contributed by atoms with Gasteiger partial charge in [-0.2, -0.15) is 0 Å². The second-order valence-corrected chi connectivity index (χ2v) is 9.35. The fourth-order valence-electron chi connectivity index (χ4n) is 2.53. The number of carbonyl (C=O) groups is 4. The zero-order valence-electron chi connectivity index (χ0n) is 24.1. The molecule has 42 heavy (non-hydrogen) atoms. The van der Waals surface area contributed by atoms with E-state index in [1.54, 1.807) is 20.8 Å². The van der Waals surface area contributed by atoms with Gasteiger partial charge in [0, 0.05) is 33.5 Å². The summed E-state index contributed by atoms with van der Waals surface area (Å²) in [7, 11) is 0. The van der Waals surface area contributed by atoms with Crippen molar-refractivity contribution in [2.75, 3.05) is 19.8 Å². The molecule has 0 saturated heterocycles. The van der Waals surface area contributed by atoms with Crippen molar-refractivity contribution in [1.29, 1.82) is 0 Å². The molecule has 0 radical (unpaired) electrons. The number of carbonyl (C=O) groups excluding carboxylic acids is 4. The van der Waals surface area contributed by atoms with Crippen LogP contribution in [0, 0.1) is 20.2 Å². The first-order valence-corrected chi connectivity index (χ1v) is 13.4. The van der Waals surface area contributed by atoms with Crippen LogP contribution >= 0.6 is 43.5 Å². The van der Waals surface area contributed by atoms with Gasteiger partial charge in [-0.15, -0.1) is 0 Å². The average molecular weight is 753 g/mol. The van der Waals surface area contributed by atoms with Crippen molar-refractivity contribution in [1.82, 2.24) is 9.97 Å². The van der Waals surface area contributed by atoms with Crippen molar-refractivity contribution in [3.05, 3.63) is 64.5 Å². The third kappa shape index (κ3) is 15.6. The van der Waals surface area contributed by atoms with Gasteiger partial charge in [0.05, 0.1) is 29.7 Å². The van der Waals surface area contributed by atoms with Crippen LogP contribution in [-0.2, 0) is 33.4 Å². The number of ketones is 1. The number of rotatable bonds is 10. The van der Waals surface area contributed by atoms with Crippen LogP contribution in [0.25, 0.3) is 0 Å². The summed E-state index contributed by atoms with van der Waals surface area (Å²) in [5.74, 6) is -4.06. The Balaban J connectivity index is -0.000000613. The van der Waals surface area contributed by atoms with E-state index in [1.807, 2.05) is 0 Å². The molecule has 0 amide bonds. The van der Waals surface area contributed by atoms with Crippen molar-refractivity contribution in [3.63, 3.8) is 0 Å². The number of hydrogen-bond acceptors (Lipinski definition) is 13. The molecule has 0 saturated carbocycles. The number of aromatic nitrogens is 2. The largest absolute Gasteiger partial charge is 1.00 e. The van der Waals surface area contributed by atoms with E-state index in [4.69, 9.17) is 21.1 Å². The number of ether oxygens (including phenoxy) is 3. The fourth-order valence-corrected chi connectivity index (χ4v) is 3.34. The smallest absolute Gasteiger partial charge is 1.00 e. The summed E-state index contributed by atoms with van der Waals surface area (Å²) in [6.07, 6.45) is 2.55. The van der Waals surface area contributed by atoms with Crippen molar-refractivity contribution in [3.8, 4) is 0 Å². The van der Waals surface area contributed by atoms with Gasteiger partial charge in [-0.3, -0.25) is 44.4 Å². The Bertz CT molecular complexity index is 1260. The van der Waals surface area contributed by atoms with Gasteiger partial charge in [0.1, 0.15) is 17.9 Å². The SMILES string of the molecule is CCOC(=O)C(C(=O)OCC)c1ncc(Br)cc1[N+](=O)[O-].CCOC(=O)CC(C)=O.O=[N+]([O-])c1cc(Br)cnc1Cl.[H-].[Na+]. The van der Waals surface area contributed by atoms with Crippen LogP contribution in [0.2, 0.25) is 5.15 Å². The number of nitro groups is 2. The quantitative estimate of drug-likeness (QED) is 0.0648. The molecule has 0 atom stereocenters. The normalized spacial score (nSPS) is 9.52. The Morgan fingerprint density at radius 2 is 1.31 bits per heavy atom. The van der Waals surface area contributed by atoms with Crippen molar-refractivity contribution < 1.29 is 74.2 Å². The molecule has 0 N–H and O–H groups in total. The molecule has 2 aromatic rings. The molecule has 226 valence electrons. The molecule has 0 spiro atoms. The first-order chi connectivity index (χ1) is 19.2. The van der Waals surface area contributed by atoms with Crippen molar-refractivity contribution >= 4 is 78.5 Å². The molecular weight excluding hydrogens is 727 g/mol. The van der Waals surface area contributed by atoms with E-state index in [9.17, 15) is 39.4 Å². The third-order valence-electron chi connectivity index (χ3n) is 4.06. The molecule has 0 aliphatic heterocycles. The summed E-state index contributed by atoms with van der Waals surface area (Å²) in [4.78, 5) is 71.9.